The van der Waals surface area contributed by atoms with E-state index < -0.39 is 11.9 Å². The van der Waals surface area contributed by atoms with Crippen molar-refractivity contribution in [3.05, 3.63) is 0 Å². The number of primary amides is 1. The quantitative estimate of drug-likeness (QED) is 0.510. The van der Waals surface area contributed by atoms with E-state index in [0.717, 1.165) is 12.8 Å². The second-order valence-corrected chi connectivity index (χ2v) is 2.93. The average molecular weight is 173 g/mol. The molecule has 0 rings (SSSR count). The summed E-state index contributed by atoms with van der Waals surface area (Å²) in [6, 6.07) is -0.124. The molecule has 4 nitrogen and oxygen atoms in total. The Labute approximate surface area is 73.7 Å². The number of hydrogen-bond donors (Lipinski definition) is 3. The molecule has 0 aromatic rings. The normalized spacial score (nSPS) is 13.3. The largest absolute Gasteiger partial charge is 0.368 e. The molecule has 12 heavy (non-hydrogen) atoms. The van der Waals surface area contributed by atoms with Gasteiger partial charge in [-0.1, -0.05) is 13.8 Å². The molecule has 72 valence electrons. The van der Waals surface area contributed by atoms with Gasteiger partial charge in [0.15, 0.2) is 0 Å². The van der Waals surface area contributed by atoms with E-state index >= 15 is 0 Å². The van der Waals surface area contributed by atoms with Crippen LogP contribution in [0.2, 0.25) is 0 Å². The molecule has 0 aromatic heterocycles. The van der Waals surface area contributed by atoms with Crippen LogP contribution in [0.4, 0.5) is 0 Å². The fourth-order valence-corrected chi connectivity index (χ4v) is 0.972. The minimum absolute atomic E-state index is 0.440. The maximum atomic E-state index is 10.5. The minimum atomic E-state index is -0.564. The second kappa shape index (κ2) is 5.97. The van der Waals surface area contributed by atoms with E-state index in [0.29, 0.717) is 12.6 Å². The molecule has 0 saturated carbocycles. The van der Waals surface area contributed by atoms with Gasteiger partial charge < -0.3 is 16.8 Å². The van der Waals surface area contributed by atoms with Crippen LogP contribution in [-0.4, -0.2) is 24.5 Å². The molecule has 1 atom stereocenters. The Morgan fingerprint density at radius 2 is 1.92 bits per heavy atom. The van der Waals surface area contributed by atoms with Gasteiger partial charge in [0.25, 0.3) is 0 Å². The summed E-state index contributed by atoms with van der Waals surface area (Å²) >= 11 is 0. The highest BCUT2D eigenvalue weighted by Gasteiger charge is 2.10. The number of carbonyl (C=O) groups is 1. The number of nitrogens with two attached hydrogens (primary N) is 2. The van der Waals surface area contributed by atoms with Crippen LogP contribution < -0.4 is 16.8 Å². The van der Waals surface area contributed by atoms with Gasteiger partial charge in [0.05, 0.1) is 6.04 Å². The van der Waals surface area contributed by atoms with Crippen LogP contribution in [0.5, 0.6) is 0 Å². The second-order valence-electron chi connectivity index (χ2n) is 2.93. The fraction of sp³-hybridized carbons (Fsp3) is 0.875. The number of carbonyl (C=O) groups excluding carboxylic acids is 1. The van der Waals surface area contributed by atoms with Gasteiger partial charge in [-0.25, -0.2) is 0 Å². The summed E-state index contributed by atoms with van der Waals surface area (Å²) < 4.78 is 0. The van der Waals surface area contributed by atoms with E-state index in [1.165, 1.54) is 0 Å². The fourth-order valence-electron chi connectivity index (χ4n) is 0.972. The Hall–Kier alpha value is -0.610. The summed E-state index contributed by atoms with van der Waals surface area (Å²) in [4.78, 5) is 10.5. The molecule has 5 N–H and O–H groups in total. The maximum absolute atomic E-state index is 10.5. The standard InChI is InChI=1S/C8H19N3O/c1-3-6(4-2)11-5-7(9)8(10)12/h6-7,11H,3-5,9H2,1-2H3,(H2,10,12). The molecule has 0 saturated heterocycles. The third kappa shape index (κ3) is 4.31. The highest BCUT2D eigenvalue weighted by Crippen LogP contribution is 1.95. The van der Waals surface area contributed by atoms with Gasteiger partial charge >= 0.3 is 0 Å². The highest BCUT2D eigenvalue weighted by molar-refractivity contribution is 5.79. The molecule has 0 aliphatic heterocycles. The van der Waals surface area contributed by atoms with Gasteiger partial charge in [0.1, 0.15) is 0 Å². The molecule has 0 aliphatic rings. The average Bonchev–Trinajstić information content (AvgIpc) is 2.05. The zero-order valence-electron chi connectivity index (χ0n) is 7.84. The lowest BCUT2D eigenvalue weighted by Crippen LogP contribution is -2.46. The Morgan fingerprint density at radius 1 is 1.42 bits per heavy atom. The summed E-state index contributed by atoms with van der Waals surface area (Å²) in [6.07, 6.45) is 2.09. The van der Waals surface area contributed by atoms with Crippen molar-refractivity contribution in [3.8, 4) is 0 Å². The van der Waals surface area contributed by atoms with Gasteiger partial charge in [-0.2, -0.15) is 0 Å². The number of amides is 1. The van der Waals surface area contributed by atoms with Crippen LogP contribution in [0.1, 0.15) is 26.7 Å². The van der Waals surface area contributed by atoms with Crippen LogP contribution in [0.25, 0.3) is 0 Å². The zero-order chi connectivity index (χ0) is 9.56. The lowest BCUT2D eigenvalue weighted by atomic mass is 10.1. The van der Waals surface area contributed by atoms with Gasteiger partial charge in [0, 0.05) is 12.6 Å². The third-order valence-corrected chi connectivity index (χ3v) is 1.98. The van der Waals surface area contributed by atoms with E-state index in [9.17, 15) is 4.79 Å². The molecule has 0 bridgehead atoms. The molecule has 1 amide bonds. The van der Waals surface area contributed by atoms with Gasteiger partial charge in [0.2, 0.25) is 5.91 Å². The van der Waals surface area contributed by atoms with Crippen LogP contribution in [0.15, 0.2) is 0 Å². The Bertz CT molecular complexity index is 134. The molecule has 4 heteroatoms. The molecule has 0 fully saturated rings. The van der Waals surface area contributed by atoms with Crippen molar-refractivity contribution >= 4 is 5.91 Å². The SMILES string of the molecule is CCC(CC)NCC(N)C(N)=O. The minimum Gasteiger partial charge on any atom is -0.368 e. The van der Waals surface area contributed by atoms with Crippen LogP contribution in [-0.2, 0) is 4.79 Å². The Morgan fingerprint density at radius 3 is 2.25 bits per heavy atom. The lowest BCUT2D eigenvalue weighted by molar-refractivity contribution is -0.119. The predicted octanol–water partition coefficient (Wildman–Crippen LogP) is -0.423. The first-order valence-corrected chi connectivity index (χ1v) is 4.40. The van der Waals surface area contributed by atoms with Crippen LogP contribution in [0.3, 0.4) is 0 Å². The molecule has 1 unspecified atom stereocenters. The third-order valence-electron chi connectivity index (χ3n) is 1.98. The molecule has 0 aromatic carbocycles. The van der Waals surface area contributed by atoms with Gasteiger partial charge in [-0.05, 0) is 12.8 Å². The van der Waals surface area contributed by atoms with Crippen molar-refractivity contribution in [1.29, 1.82) is 0 Å². The summed E-state index contributed by atoms with van der Waals surface area (Å²) in [7, 11) is 0. The van der Waals surface area contributed by atoms with Gasteiger partial charge in [-0.15, -0.1) is 0 Å². The van der Waals surface area contributed by atoms with Crippen molar-refractivity contribution in [2.24, 2.45) is 11.5 Å². The summed E-state index contributed by atoms with van der Waals surface area (Å²) in [5.41, 5.74) is 10.4. The van der Waals surface area contributed by atoms with E-state index in [2.05, 4.69) is 19.2 Å². The smallest absolute Gasteiger partial charge is 0.235 e. The van der Waals surface area contributed by atoms with Crippen molar-refractivity contribution in [2.45, 2.75) is 38.8 Å². The van der Waals surface area contributed by atoms with E-state index in [1.807, 2.05) is 0 Å². The van der Waals surface area contributed by atoms with Crippen molar-refractivity contribution in [1.82, 2.24) is 5.32 Å². The molecular weight excluding hydrogens is 154 g/mol. The van der Waals surface area contributed by atoms with E-state index in [4.69, 9.17) is 11.5 Å². The first-order valence-electron chi connectivity index (χ1n) is 4.40. The van der Waals surface area contributed by atoms with Crippen molar-refractivity contribution in [2.75, 3.05) is 6.54 Å². The highest BCUT2D eigenvalue weighted by atomic mass is 16.1. The number of nitrogens with one attached hydrogen (secondary N) is 1. The predicted molar refractivity (Wildman–Crippen MR) is 49.5 cm³/mol. The monoisotopic (exact) mass is 173 g/mol. The van der Waals surface area contributed by atoms with E-state index in [-0.39, 0.29) is 0 Å². The number of rotatable bonds is 6. The Balaban J connectivity index is 3.58. The molecule has 0 radical (unpaired) electrons. The van der Waals surface area contributed by atoms with Gasteiger partial charge in [-0.3, -0.25) is 4.79 Å². The lowest BCUT2D eigenvalue weighted by Gasteiger charge is -2.16. The van der Waals surface area contributed by atoms with Crippen LogP contribution in [0, 0.1) is 0 Å². The Kier molecular flexibility index (Phi) is 5.66. The molecule has 0 aliphatic carbocycles. The number of hydrogen-bond acceptors (Lipinski definition) is 3. The molecular formula is C8H19N3O. The van der Waals surface area contributed by atoms with Crippen LogP contribution >= 0.6 is 0 Å². The topological polar surface area (TPSA) is 81.1 Å². The van der Waals surface area contributed by atoms with E-state index in [1.54, 1.807) is 0 Å². The first-order chi connectivity index (χ1) is 5.61. The zero-order valence-corrected chi connectivity index (χ0v) is 7.84. The summed E-state index contributed by atoms with van der Waals surface area (Å²) in [5, 5.41) is 3.17. The molecule has 0 spiro atoms. The maximum Gasteiger partial charge on any atom is 0.235 e. The van der Waals surface area contributed by atoms with Crippen molar-refractivity contribution < 1.29 is 4.79 Å². The summed E-state index contributed by atoms with van der Waals surface area (Å²) in [5.74, 6) is -0.451. The summed E-state index contributed by atoms with van der Waals surface area (Å²) in [6.45, 7) is 4.66. The molecule has 0 heterocycles. The van der Waals surface area contributed by atoms with Crippen molar-refractivity contribution in [3.63, 3.8) is 0 Å². The first kappa shape index (κ1) is 11.4.